The van der Waals surface area contributed by atoms with Crippen LogP contribution in [0.25, 0.3) is 21.8 Å². The number of anilines is 1. The van der Waals surface area contributed by atoms with Crippen molar-refractivity contribution < 1.29 is 33.8 Å². The van der Waals surface area contributed by atoms with Gasteiger partial charge in [0.2, 0.25) is 17.7 Å². The van der Waals surface area contributed by atoms with Gasteiger partial charge in [0.25, 0.3) is 5.91 Å². The molecule has 61 heavy (non-hydrogen) atoms. The van der Waals surface area contributed by atoms with Crippen LogP contribution in [0.3, 0.4) is 0 Å². The maximum Gasteiger partial charge on any atom is 0.274 e. The first kappa shape index (κ1) is 44.9. The van der Waals surface area contributed by atoms with E-state index >= 15 is 0 Å². The molecule has 0 bridgehead atoms. The lowest BCUT2D eigenvalue weighted by molar-refractivity contribution is -0.144. The highest BCUT2D eigenvalue weighted by Crippen LogP contribution is 2.30. The number of benzene rings is 2. The number of β-amino-alcohol motifs (C(OH)–C–C–N with tert-alkyl or cyclic N) is 1. The molecule has 2 aromatic carbocycles. The Morgan fingerprint density at radius 1 is 1.03 bits per heavy atom. The fourth-order valence-electron chi connectivity index (χ4n) is 6.78. The number of thiazole rings is 1. The summed E-state index contributed by atoms with van der Waals surface area (Å²) in [5, 5.41) is 26.4. The number of aromatic nitrogens is 4. The zero-order valence-electron chi connectivity index (χ0n) is 34.8. The number of aliphatic hydroxyl groups is 1. The Labute approximate surface area is 363 Å². The van der Waals surface area contributed by atoms with E-state index in [0.717, 1.165) is 27.4 Å². The molecule has 0 aliphatic carbocycles. The fraction of sp³-hybridized carbons (Fsp3) is 0.386. The van der Waals surface area contributed by atoms with Crippen LogP contribution in [0.4, 0.5) is 5.69 Å². The lowest BCUT2D eigenvalue weighted by Gasteiger charge is -2.35. The molecule has 0 unspecified atom stereocenters. The van der Waals surface area contributed by atoms with Crippen LogP contribution in [-0.2, 0) is 25.7 Å². The normalized spacial score (nSPS) is 15.6. The van der Waals surface area contributed by atoms with Crippen LogP contribution in [0.2, 0.25) is 5.02 Å². The van der Waals surface area contributed by atoms with Crippen LogP contribution in [0, 0.1) is 19.3 Å². The van der Waals surface area contributed by atoms with E-state index in [1.165, 1.54) is 4.90 Å². The molecule has 4 amide bonds. The minimum atomic E-state index is -0.966. The van der Waals surface area contributed by atoms with Crippen molar-refractivity contribution in [3.8, 4) is 27.6 Å². The maximum atomic E-state index is 13.9. The number of halogens is 1. The van der Waals surface area contributed by atoms with Crippen LogP contribution < -0.4 is 20.7 Å². The summed E-state index contributed by atoms with van der Waals surface area (Å²) in [7, 11) is 0. The van der Waals surface area contributed by atoms with Crippen molar-refractivity contribution in [2.75, 3.05) is 31.7 Å². The molecule has 5 N–H and O–H groups in total. The second-order valence-electron chi connectivity index (χ2n) is 16.0. The van der Waals surface area contributed by atoms with Crippen molar-refractivity contribution in [1.82, 2.24) is 35.7 Å². The third-order valence-electron chi connectivity index (χ3n) is 10.0. The smallest absolute Gasteiger partial charge is 0.274 e. The number of aromatic amines is 1. The molecule has 15 nitrogen and oxygen atoms in total. The van der Waals surface area contributed by atoms with Gasteiger partial charge in [-0.1, -0.05) is 62.7 Å². The predicted octanol–water partition coefficient (Wildman–Crippen LogP) is 6.10. The van der Waals surface area contributed by atoms with Crippen LogP contribution in [0.1, 0.15) is 67.5 Å². The lowest BCUT2D eigenvalue weighted by Crippen LogP contribution is -2.58. The summed E-state index contributed by atoms with van der Waals surface area (Å²) in [6.45, 7) is 9.91. The zero-order valence-corrected chi connectivity index (χ0v) is 36.4. The Bertz CT molecular complexity index is 2330. The molecule has 5 aromatic rings. The Morgan fingerprint density at radius 2 is 1.80 bits per heavy atom. The Kier molecular flexibility index (Phi) is 14.9. The van der Waals surface area contributed by atoms with Gasteiger partial charge < -0.3 is 35.4 Å². The van der Waals surface area contributed by atoms with Crippen LogP contribution in [0.15, 0.2) is 72.2 Å². The number of rotatable bonds is 17. The molecule has 17 heteroatoms. The van der Waals surface area contributed by atoms with Crippen LogP contribution in [-0.4, -0.2) is 98.4 Å². The second-order valence-corrected chi connectivity index (χ2v) is 17.2. The van der Waals surface area contributed by atoms with Gasteiger partial charge in [-0.2, -0.15) is 5.10 Å². The molecule has 0 radical (unpaired) electrons. The van der Waals surface area contributed by atoms with Gasteiger partial charge in [-0.15, -0.1) is 11.3 Å². The van der Waals surface area contributed by atoms with Gasteiger partial charge >= 0.3 is 0 Å². The third-order valence-corrected chi connectivity index (χ3v) is 11.3. The van der Waals surface area contributed by atoms with E-state index in [0.29, 0.717) is 47.3 Å². The Balaban J connectivity index is 0.909. The molecule has 1 aliphatic rings. The molecule has 3 atom stereocenters. The van der Waals surface area contributed by atoms with E-state index in [2.05, 4.69) is 36.1 Å². The highest BCUT2D eigenvalue weighted by Gasteiger charge is 2.44. The average molecular weight is 871 g/mol. The Morgan fingerprint density at radius 3 is 2.49 bits per heavy atom. The first-order chi connectivity index (χ1) is 29.2. The molecule has 4 heterocycles. The second kappa shape index (κ2) is 20.3. The third kappa shape index (κ3) is 12.0. The van der Waals surface area contributed by atoms with Crippen molar-refractivity contribution in [3.05, 3.63) is 99.9 Å². The molecule has 1 fully saturated rings. The number of carbonyl (C=O) groups is 4. The molecule has 0 saturated carbocycles. The average Bonchev–Trinajstić information content (AvgIpc) is 3.98. The van der Waals surface area contributed by atoms with Gasteiger partial charge in [-0.05, 0) is 73.6 Å². The maximum absolute atomic E-state index is 13.9. The monoisotopic (exact) mass is 870 g/mol. The van der Waals surface area contributed by atoms with Gasteiger partial charge in [-0.3, -0.25) is 24.3 Å². The number of H-pyrrole nitrogens is 1. The van der Waals surface area contributed by atoms with E-state index in [9.17, 15) is 24.3 Å². The number of pyridine rings is 1. The van der Waals surface area contributed by atoms with Crippen molar-refractivity contribution in [2.45, 2.75) is 78.6 Å². The Hall–Kier alpha value is -5.68. The molecule has 322 valence electrons. The summed E-state index contributed by atoms with van der Waals surface area (Å²) >= 11 is 8.03. The number of aliphatic hydroxyl groups excluding tert-OH is 1. The summed E-state index contributed by atoms with van der Waals surface area (Å²) < 4.78 is 11.5. The van der Waals surface area contributed by atoms with Crippen LogP contribution >= 0.6 is 22.9 Å². The molecule has 6 rings (SSSR count). The number of aryl methyl sites for hydroxylation is 2. The number of nitrogens with zero attached hydrogens (tertiary/aromatic N) is 4. The minimum Gasteiger partial charge on any atom is -0.494 e. The zero-order chi connectivity index (χ0) is 43.7. The minimum absolute atomic E-state index is 0.0198. The van der Waals surface area contributed by atoms with Gasteiger partial charge in [0.15, 0.2) is 0 Å². The number of carbonyl (C=O) groups excluding carboxylic acids is 4. The number of hydrogen-bond donors (Lipinski definition) is 5. The standard InChI is InChI=1S/C44H51ClN8O7S/c1-26-19-36(52-51-26)34-9-8-10-35(48-34)41(56)49-33-16-15-31(21-32(33)45)60-18-7-6-17-59-24-38(55)50-40(44(3,4)5)43(58)53-23-30(54)20-37(53)42(57)46-22-28-11-13-29(14-12-28)39-27(2)47-25-61-39/h8-16,19,21,25,30,37,40,54H,6-7,17-18,20,22-24H2,1-5H3,(H,46,57)(H,49,56)(H,50,55)(H,51,52)/t30-,37+,40-/m1/s1. The molecular formula is C44H51ClN8O7S. The highest BCUT2D eigenvalue weighted by atomic mass is 35.5. The lowest BCUT2D eigenvalue weighted by atomic mass is 9.85. The largest absolute Gasteiger partial charge is 0.494 e. The van der Waals surface area contributed by atoms with Crippen LogP contribution in [0.5, 0.6) is 5.75 Å². The summed E-state index contributed by atoms with van der Waals surface area (Å²) in [4.78, 5) is 64.5. The number of likely N-dealkylation sites (tertiary alicyclic amines) is 1. The quantitative estimate of drug-likeness (QED) is 0.0680. The van der Waals surface area contributed by atoms with E-state index in [1.807, 2.05) is 70.5 Å². The number of amides is 4. The fourth-order valence-corrected chi connectivity index (χ4v) is 7.81. The SMILES string of the molecule is Cc1cc(-c2cccc(C(=O)Nc3ccc(OCCCCOCC(=O)N[C@H](C(=O)N4C[C@H](O)C[C@H]4C(=O)NCc4ccc(-c5scnc5C)cc4)C(C)(C)C)cc3Cl)n2)[nH]n1. The number of hydrogen-bond acceptors (Lipinski definition) is 11. The molecule has 3 aromatic heterocycles. The first-order valence-electron chi connectivity index (χ1n) is 20.0. The summed E-state index contributed by atoms with van der Waals surface area (Å²) in [6, 6.07) is 18.0. The molecule has 1 saturated heterocycles. The van der Waals surface area contributed by atoms with E-state index in [1.54, 1.807) is 47.7 Å². The number of unbranched alkanes of at least 4 members (excludes halogenated alkanes) is 1. The molecular weight excluding hydrogens is 820 g/mol. The van der Waals surface area contributed by atoms with E-state index in [-0.39, 0.29) is 44.3 Å². The number of ether oxygens (including phenoxy) is 2. The van der Waals surface area contributed by atoms with Gasteiger partial charge in [0, 0.05) is 32.2 Å². The molecule has 1 aliphatic heterocycles. The summed E-state index contributed by atoms with van der Waals surface area (Å²) in [6.07, 6.45) is 0.438. The summed E-state index contributed by atoms with van der Waals surface area (Å²) in [5.74, 6) is -1.19. The predicted molar refractivity (Wildman–Crippen MR) is 233 cm³/mol. The van der Waals surface area contributed by atoms with Gasteiger partial charge in [0.05, 0.1) is 56.6 Å². The first-order valence-corrected chi connectivity index (χ1v) is 21.3. The van der Waals surface area contributed by atoms with Gasteiger partial charge in [-0.25, -0.2) is 9.97 Å². The van der Waals surface area contributed by atoms with Crippen molar-refractivity contribution >= 4 is 52.3 Å². The van der Waals surface area contributed by atoms with Crippen molar-refractivity contribution in [2.24, 2.45) is 5.41 Å². The number of nitrogens with one attached hydrogen (secondary N) is 4. The van der Waals surface area contributed by atoms with E-state index < -0.39 is 41.3 Å². The molecule has 0 spiro atoms. The highest BCUT2D eigenvalue weighted by molar-refractivity contribution is 7.13. The van der Waals surface area contributed by atoms with Crippen molar-refractivity contribution in [1.29, 1.82) is 0 Å². The topological polar surface area (TPSA) is 201 Å². The van der Waals surface area contributed by atoms with Crippen molar-refractivity contribution in [3.63, 3.8) is 0 Å². The van der Waals surface area contributed by atoms with E-state index in [4.69, 9.17) is 21.1 Å². The van der Waals surface area contributed by atoms with Gasteiger partial charge in [0.1, 0.15) is 30.1 Å². The summed E-state index contributed by atoms with van der Waals surface area (Å²) in [5.41, 5.74) is 6.74.